The third kappa shape index (κ3) is 8.48. The van der Waals surface area contributed by atoms with E-state index >= 15 is 0 Å². The molecule has 0 saturated heterocycles. The van der Waals surface area contributed by atoms with E-state index in [4.69, 9.17) is 11.5 Å². The van der Waals surface area contributed by atoms with Crippen LogP contribution in [0.4, 0.5) is 0 Å². The largest absolute Gasteiger partial charge is 0.330 e. The quantitative estimate of drug-likeness (QED) is 0.491. The van der Waals surface area contributed by atoms with E-state index in [2.05, 4.69) is 19.2 Å². The highest BCUT2D eigenvalue weighted by Crippen LogP contribution is 2.01. The second-order valence-corrected chi connectivity index (χ2v) is 4.10. The summed E-state index contributed by atoms with van der Waals surface area (Å²) in [5.41, 5.74) is 11.3. The van der Waals surface area contributed by atoms with Crippen molar-refractivity contribution in [3.63, 3.8) is 0 Å². The minimum atomic E-state index is 0.400. The lowest BCUT2D eigenvalue weighted by molar-refractivity contribution is 0.484. The van der Waals surface area contributed by atoms with Gasteiger partial charge < -0.3 is 16.8 Å². The van der Waals surface area contributed by atoms with Gasteiger partial charge in [-0.2, -0.15) is 0 Å². The number of hydrogen-bond donors (Lipinski definition) is 3. The van der Waals surface area contributed by atoms with Crippen LogP contribution in [0, 0.1) is 0 Å². The molecule has 0 amide bonds. The predicted molar refractivity (Wildman–Crippen MR) is 63.3 cm³/mol. The molecule has 0 radical (unpaired) electrons. The van der Waals surface area contributed by atoms with Crippen molar-refractivity contribution in [3.8, 4) is 0 Å². The van der Waals surface area contributed by atoms with Crippen LogP contribution in [-0.2, 0) is 0 Å². The number of rotatable bonds is 9. The number of nitrogens with two attached hydrogens (primary N) is 2. The zero-order valence-electron chi connectivity index (χ0n) is 9.76. The van der Waals surface area contributed by atoms with Crippen LogP contribution < -0.4 is 16.8 Å². The Morgan fingerprint density at radius 1 is 1.21 bits per heavy atom. The predicted octanol–water partition coefficient (Wildman–Crippen LogP) is 1.22. The molecule has 0 heterocycles. The van der Waals surface area contributed by atoms with Crippen LogP contribution in [0.5, 0.6) is 0 Å². The van der Waals surface area contributed by atoms with Gasteiger partial charge in [0.15, 0.2) is 0 Å². The normalized spacial score (nSPS) is 15.4. The SMILES string of the molecule is CCC(N)CCCCNC(C)CCN. The van der Waals surface area contributed by atoms with Crippen LogP contribution in [0.15, 0.2) is 0 Å². The van der Waals surface area contributed by atoms with Gasteiger partial charge in [-0.15, -0.1) is 0 Å². The van der Waals surface area contributed by atoms with Gasteiger partial charge in [-0.1, -0.05) is 13.3 Å². The second kappa shape index (κ2) is 9.44. The van der Waals surface area contributed by atoms with Crippen LogP contribution in [0.1, 0.15) is 46.0 Å². The van der Waals surface area contributed by atoms with Gasteiger partial charge in [-0.3, -0.25) is 0 Å². The van der Waals surface area contributed by atoms with Crippen LogP contribution in [0.25, 0.3) is 0 Å². The maximum atomic E-state index is 5.83. The summed E-state index contributed by atoms with van der Waals surface area (Å²) < 4.78 is 0. The highest BCUT2D eigenvalue weighted by atomic mass is 14.9. The van der Waals surface area contributed by atoms with Gasteiger partial charge >= 0.3 is 0 Å². The van der Waals surface area contributed by atoms with E-state index < -0.39 is 0 Å². The molecular formula is C11H27N3. The first-order valence-corrected chi connectivity index (χ1v) is 5.89. The maximum Gasteiger partial charge on any atom is 0.00507 e. The van der Waals surface area contributed by atoms with E-state index in [9.17, 15) is 0 Å². The van der Waals surface area contributed by atoms with Crippen LogP contribution in [0.3, 0.4) is 0 Å². The smallest absolute Gasteiger partial charge is 0.00507 e. The van der Waals surface area contributed by atoms with Crippen molar-refractivity contribution in [2.45, 2.75) is 58.0 Å². The molecule has 86 valence electrons. The molecule has 0 spiro atoms. The lowest BCUT2D eigenvalue weighted by Crippen LogP contribution is -2.29. The van der Waals surface area contributed by atoms with Crippen molar-refractivity contribution in [2.75, 3.05) is 13.1 Å². The summed E-state index contributed by atoms with van der Waals surface area (Å²) in [5, 5.41) is 3.45. The summed E-state index contributed by atoms with van der Waals surface area (Å²) >= 11 is 0. The lowest BCUT2D eigenvalue weighted by Gasteiger charge is -2.13. The van der Waals surface area contributed by atoms with Crippen molar-refractivity contribution in [1.29, 1.82) is 0 Å². The van der Waals surface area contributed by atoms with Crippen molar-refractivity contribution in [1.82, 2.24) is 5.32 Å². The van der Waals surface area contributed by atoms with E-state index in [-0.39, 0.29) is 0 Å². The average Bonchev–Trinajstić information content (AvgIpc) is 2.17. The standard InChI is InChI=1S/C11H27N3/c1-3-11(13)6-4-5-9-14-10(2)7-8-12/h10-11,14H,3-9,12-13H2,1-2H3. The molecule has 14 heavy (non-hydrogen) atoms. The third-order valence-corrected chi connectivity index (χ3v) is 2.62. The number of nitrogens with one attached hydrogen (secondary N) is 1. The molecule has 5 N–H and O–H groups in total. The van der Waals surface area contributed by atoms with E-state index in [1.54, 1.807) is 0 Å². The number of unbranched alkanes of at least 4 members (excludes halogenated alkanes) is 1. The summed E-state index contributed by atoms with van der Waals surface area (Å²) in [6, 6.07) is 0.955. The van der Waals surface area contributed by atoms with E-state index in [0.717, 1.165) is 32.4 Å². The molecule has 3 nitrogen and oxygen atoms in total. The zero-order valence-corrected chi connectivity index (χ0v) is 9.76. The fourth-order valence-electron chi connectivity index (χ4n) is 1.44. The monoisotopic (exact) mass is 201 g/mol. The Labute approximate surface area is 88.6 Å². The Bertz CT molecular complexity index is 117. The molecule has 0 aliphatic heterocycles. The zero-order chi connectivity index (χ0) is 10.8. The second-order valence-electron chi connectivity index (χ2n) is 4.10. The molecule has 3 heteroatoms. The fraction of sp³-hybridized carbons (Fsp3) is 1.00. The van der Waals surface area contributed by atoms with Gasteiger partial charge in [0.05, 0.1) is 0 Å². The van der Waals surface area contributed by atoms with E-state index in [0.29, 0.717) is 12.1 Å². The molecule has 0 bridgehead atoms. The minimum absolute atomic E-state index is 0.400. The van der Waals surface area contributed by atoms with Gasteiger partial charge in [-0.05, 0) is 45.7 Å². The molecule has 0 saturated carbocycles. The van der Waals surface area contributed by atoms with Gasteiger partial charge in [-0.25, -0.2) is 0 Å². The van der Waals surface area contributed by atoms with Crippen LogP contribution in [-0.4, -0.2) is 25.2 Å². The van der Waals surface area contributed by atoms with Crippen LogP contribution in [0.2, 0.25) is 0 Å². The summed E-state index contributed by atoms with van der Waals surface area (Å²) in [7, 11) is 0. The Hall–Kier alpha value is -0.120. The molecule has 0 aromatic carbocycles. The average molecular weight is 201 g/mol. The molecule has 2 unspecified atom stereocenters. The Balaban J connectivity index is 3.13. The molecule has 0 aliphatic carbocycles. The van der Waals surface area contributed by atoms with Gasteiger partial charge in [0.2, 0.25) is 0 Å². The van der Waals surface area contributed by atoms with Crippen LogP contribution >= 0.6 is 0 Å². The summed E-state index contributed by atoms with van der Waals surface area (Å²) in [5.74, 6) is 0. The first kappa shape index (κ1) is 13.9. The fourth-order valence-corrected chi connectivity index (χ4v) is 1.44. The minimum Gasteiger partial charge on any atom is -0.330 e. The number of hydrogen-bond acceptors (Lipinski definition) is 3. The van der Waals surface area contributed by atoms with Gasteiger partial charge in [0.25, 0.3) is 0 Å². The maximum absolute atomic E-state index is 5.83. The van der Waals surface area contributed by atoms with Crippen molar-refractivity contribution in [3.05, 3.63) is 0 Å². The van der Waals surface area contributed by atoms with Gasteiger partial charge in [0.1, 0.15) is 0 Å². The molecule has 0 aromatic heterocycles. The summed E-state index contributed by atoms with van der Waals surface area (Å²) in [6.07, 6.45) is 5.77. The third-order valence-electron chi connectivity index (χ3n) is 2.62. The van der Waals surface area contributed by atoms with Crippen molar-refractivity contribution in [2.24, 2.45) is 11.5 Å². The summed E-state index contributed by atoms with van der Waals surface area (Å²) in [6.45, 7) is 6.20. The first-order chi connectivity index (χ1) is 6.70. The van der Waals surface area contributed by atoms with Crippen molar-refractivity contribution >= 4 is 0 Å². The Kier molecular flexibility index (Phi) is 9.35. The molecule has 0 aliphatic rings. The lowest BCUT2D eigenvalue weighted by atomic mass is 10.1. The molecular weight excluding hydrogens is 174 g/mol. The Morgan fingerprint density at radius 2 is 1.93 bits per heavy atom. The molecule has 0 fully saturated rings. The summed E-state index contributed by atoms with van der Waals surface area (Å²) in [4.78, 5) is 0. The highest BCUT2D eigenvalue weighted by molar-refractivity contribution is 4.62. The van der Waals surface area contributed by atoms with Crippen molar-refractivity contribution < 1.29 is 0 Å². The first-order valence-electron chi connectivity index (χ1n) is 5.89. The van der Waals surface area contributed by atoms with E-state index in [1.165, 1.54) is 12.8 Å². The Morgan fingerprint density at radius 3 is 2.50 bits per heavy atom. The van der Waals surface area contributed by atoms with Gasteiger partial charge in [0, 0.05) is 12.1 Å². The topological polar surface area (TPSA) is 64.1 Å². The molecule has 0 rings (SSSR count). The molecule has 0 aromatic rings. The highest BCUT2D eigenvalue weighted by Gasteiger charge is 2.00. The van der Waals surface area contributed by atoms with E-state index in [1.807, 2.05) is 0 Å². The molecule has 2 atom stereocenters.